The smallest absolute Gasteiger partial charge is 0.354 e. The van der Waals surface area contributed by atoms with Crippen molar-refractivity contribution in [1.82, 2.24) is 9.78 Å². The van der Waals surface area contributed by atoms with Gasteiger partial charge in [0, 0.05) is 17.3 Å². The second kappa shape index (κ2) is 6.22. The van der Waals surface area contributed by atoms with E-state index in [1.165, 1.54) is 24.4 Å². The lowest BCUT2D eigenvalue weighted by Crippen LogP contribution is -2.22. The van der Waals surface area contributed by atoms with Crippen LogP contribution in [-0.2, 0) is 11.3 Å². The van der Waals surface area contributed by atoms with Crippen molar-refractivity contribution in [1.29, 1.82) is 0 Å². The number of aromatic nitrogens is 2. The van der Waals surface area contributed by atoms with E-state index in [9.17, 15) is 19.7 Å². The first-order chi connectivity index (χ1) is 10.4. The lowest BCUT2D eigenvalue weighted by Gasteiger charge is -2.07. The van der Waals surface area contributed by atoms with Crippen LogP contribution in [0.1, 0.15) is 10.5 Å². The maximum Gasteiger partial charge on any atom is 0.354 e. The van der Waals surface area contributed by atoms with Crippen molar-refractivity contribution < 1.29 is 19.6 Å². The zero-order chi connectivity index (χ0) is 16.3. The van der Waals surface area contributed by atoms with Gasteiger partial charge >= 0.3 is 5.97 Å². The number of halogens is 1. The molecule has 0 radical (unpaired) electrons. The Bertz CT molecular complexity index is 758. The van der Waals surface area contributed by atoms with Crippen molar-refractivity contribution in [2.45, 2.75) is 6.54 Å². The first kappa shape index (κ1) is 15.4. The number of carboxylic acid groups (broad SMARTS) is 1. The number of benzene rings is 1. The van der Waals surface area contributed by atoms with Crippen LogP contribution in [0.3, 0.4) is 0 Å². The summed E-state index contributed by atoms with van der Waals surface area (Å²) in [6.45, 7) is -0.394. The van der Waals surface area contributed by atoms with Crippen LogP contribution in [0.4, 0.5) is 11.4 Å². The number of nitrogens with one attached hydrogen (secondary N) is 1. The maximum atomic E-state index is 11.9. The second-order valence-corrected chi connectivity index (χ2v) is 4.58. The van der Waals surface area contributed by atoms with Crippen molar-refractivity contribution in [3.05, 3.63) is 51.3 Å². The van der Waals surface area contributed by atoms with E-state index in [0.717, 1.165) is 10.7 Å². The molecule has 0 aliphatic rings. The predicted molar refractivity (Wildman–Crippen MR) is 75.9 cm³/mol. The molecule has 1 heterocycles. The summed E-state index contributed by atoms with van der Waals surface area (Å²) < 4.78 is 0.972. The lowest BCUT2D eigenvalue weighted by molar-refractivity contribution is -0.383. The Balaban J connectivity index is 2.18. The fraction of sp³-hybridized carbons (Fsp3) is 0.0833. The minimum atomic E-state index is -1.23. The molecule has 2 N–H and O–H groups in total. The van der Waals surface area contributed by atoms with Gasteiger partial charge in [0.15, 0.2) is 0 Å². The summed E-state index contributed by atoms with van der Waals surface area (Å²) in [5.41, 5.74) is -0.566. The van der Waals surface area contributed by atoms with E-state index in [1.54, 1.807) is 0 Å². The average Bonchev–Trinajstić information content (AvgIpc) is 2.88. The first-order valence-corrected chi connectivity index (χ1v) is 6.25. The molecule has 0 aliphatic heterocycles. The summed E-state index contributed by atoms with van der Waals surface area (Å²) in [6, 6.07) is 5.02. The normalized spacial score (nSPS) is 10.2. The summed E-state index contributed by atoms with van der Waals surface area (Å²) in [5.74, 6) is -1.89. The summed E-state index contributed by atoms with van der Waals surface area (Å²) in [7, 11) is 0. The molecule has 22 heavy (non-hydrogen) atoms. The average molecular weight is 325 g/mol. The fourth-order valence-electron chi connectivity index (χ4n) is 1.73. The number of rotatable bonds is 5. The summed E-state index contributed by atoms with van der Waals surface area (Å²) in [5, 5.41) is 26.0. The van der Waals surface area contributed by atoms with E-state index < -0.39 is 23.3 Å². The number of aromatic carboxylic acids is 1. The van der Waals surface area contributed by atoms with Gasteiger partial charge in [0.2, 0.25) is 5.91 Å². The third kappa shape index (κ3) is 3.38. The van der Waals surface area contributed by atoms with Crippen LogP contribution in [0, 0.1) is 10.1 Å². The monoisotopic (exact) mass is 324 g/mol. The highest BCUT2D eigenvalue weighted by Crippen LogP contribution is 2.27. The van der Waals surface area contributed by atoms with Gasteiger partial charge in [-0.25, -0.2) is 9.48 Å². The molecule has 0 saturated heterocycles. The second-order valence-electron chi connectivity index (χ2n) is 4.15. The van der Waals surface area contributed by atoms with Crippen LogP contribution < -0.4 is 5.32 Å². The van der Waals surface area contributed by atoms with E-state index in [4.69, 9.17) is 16.7 Å². The standard InChI is InChI=1S/C12H9ClN4O5/c13-7-1-2-8(10(5-7)17(21)22)15-11(18)6-16-9(12(19)20)3-4-14-16/h1-5H,6H2,(H,15,18)(H,19,20). The van der Waals surface area contributed by atoms with Gasteiger partial charge < -0.3 is 10.4 Å². The molecule has 0 spiro atoms. The van der Waals surface area contributed by atoms with Crippen molar-refractivity contribution in [3.8, 4) is 0 Å². The number of nitrogens with zero attached hydrogens (tertiary/aromatic N) is 3. The molecule has 2 rings (SSSR count). The first-order valence-electron chi connectivity index (χ1n) is 5.87. The van der Waals surface area contributed by atoms with Crippen LogP contribution in [0.15, 0.2) is 30.5 Å². The molecular formula is C12H9ClN4O5. The summed E-state index contributed by atoms with van der Waals surface area (Å²) >= 11 is 5.67. The van der Waals surface area contributed by atoms with Gasteiger partial charge in [-0.15, -0.1) is 0 Å². The van der Waals surface area contributed by atoms with Crippen molar-refractivity contribution >= 4 is 34.9 Å². The number of nitro benzene ring substituents is 1. The number of carboxylic acids is 1. The van der Waals surface area contributed by atoms with Crippen molar-refractivity contribution in [3.63, 3.8) is 0 Å². The van der Waals surface area contributed by atoms with E-state index >= 15 is 0 Å². The predicted octanol–water partition coefficient (Wildman–Crippen LogP) is 1.78. The molecule has 0 aliphatic carbocycles. The Morgan fingerprint density at radius 1 is 1.41 bits per heavy atom. The SMILES string of the molecule is O=C(Cn1nccc1C(=O)O)Nc1ccc(Cl)cc1[N+](=O)[O-]. The van der Waals surface area contributed by atoms with Gasteiger partial charge in [-0.3, -0.25) is 14.9 Å². The minimum Gasteiger partial charge on any atom is -0.477 e. The largest absolute Gasteiger partial charge is 0.477 e. The lowest BCUT2D eigenvalue weighted by atomic mass is 10.2. The molecule has 114 valence electrons. The molecule has 0 unspecified atom stereocenters. The van der Waals surface area contributed by atoms with Crippen LogP contribution in [-0.4, -0.2) is 31.7 Å². The number of hydrogen-bond donors (Lipinski definition) is 2. The van der Waals surface area contributed by atoms with Crippen LogP contribution in [0.25, 0.3) is 0 Å². The number of nitro groups is 1. The van der Waals surface area contributed by atoms with E-state index in [1.807, 2.05) is 0 Å². The Morgan fingerprint density at radius 3 is 2.77 bits per heavy atom. The van der Waals surface area contributed by atoms with E-state index in [0.29, 0.717) is 0 Å². The summed E-state index contributed by atoms with van der Waals surface area (Å²) in [4.78, 5) is 33.0. The summed E-state index contributed by atoms with van der Waals surface area (Å²) in [6.07, 6.45) is 1.24. The third-order valence-electron chi connectivity index (χ3n) is 2.66. The van der Waals surface area contributed by atoms with Gasteiger partial charge in [-0.2, -0.15) is 5.10 Å². The highest BCUT2D eigenvalue weighted by atomic mass is 35.5. The number of carbonyl (C=O) groups excluding carboxylic acids is 1. The van der Waals surface area contributed by atoms with Gasteiger partial charge in [0.25, 0.3) is 5.69 Å². The van der Waals surface area contributed by atoms with Crippen molar-refractivity contribution in [2.75, 3.05) is 5.32 Å². The Morgan fingerprint density at radius 2 is 2.14 bits per heavy atom. The maximum absolute atomic E-state index is 11.9. The molecule has 0 saturated carbocycles. The molecule has 0 bridgehead atoms. The molecule has 10 heteroatoms. The number of anilines is 1. The van der Waals surface area contributed by atoms with Gasteiger partial charge in [-0.1, -0.05) is 11.6 Å². The highest BCUT2D eigenvalue weighted by molar-refractivity contribution is 6.31. The van der Waals surface area contributed by atoms with Crippen LogP contribution in [0.5, 0.6) is 0 Å². The van der Waals surface area contributed by atoms with E-state index in [2.05, 4.69) is 10.4 Å². The zero-order valence-corrected chi connectivity index (χ0v) is 11.6. The molecule has 2 aromatic rings. The Hall–Kier alpha value is -2.94. The fourth-order valence-corrected chi connectivity index (χ4v) is 1.89. The topological polar surface area (TPSA) is 127 Å². The van der Waals surface area contributed by atoms with Gasteiger partial charge in [0.05, 0.1) is 4.92 Å². The minimum absolute atomic E-state index is 0.0385. The Kier molecular flexibility index (Phi) is 4.37. The third-order valence-corrected chi connectivity index (χ3v) is 2.89. The number of hydrogen-bond acceptors (Lipinski definition) is 5. The highest BCUT2D eigenvalue weighted by Gasteiger charge is 2.18. The molecule has 1 amide bonds. The van der Waals surface area contributed by atoms with Gasteiger partial charge in [-0.05, 0) is 18.2 Å². The molecule has 0 fully saturated rings. The molecular weight excluding hydrogens is 316 g/mol. The molecule has 9 nitrogen and oxygen atoms in total. The number of carbonyl (C=O) groups is 2. The molecule has 0 atom stereocenters. The number of amides is 1. The van der Waals surface area contributed by atoms with Crippen molar-refractivity contribution in [2.24, 2.45) is 0 Å². The quantitative estimate of drug-likeness (QED) is 0.637. The molecule has 1 aromatic heterocycles. The zero-order valence-electron chi connectivity index (χ0n) is 10.9. The Labute approximate surface area is 128 Å². The molecule has 1 aromatic carbocycles. The van der Waals surface area contributed by atoms with E-state index in [-0.39, 0.29) is 22.1 Å². The van der Waals surface area contributed by atoms with Gasteiger partial charge in [0.1, 0.15) is 17.9 Å². The van der Waals surface area contributed by atoms with Crippen LogP contribution in [0.2, 0.25) is 5.02 Å². The van der Waals surface area contributed by atoms with Crippen LogP contribution >= 0.6 is 11.6 Å².